The van der Waals surface area contributed by atoms with Gasteiger partial charge in [-0.05, 0) is 80.6 Å². The van der Waals surface area contributed by atoms with Gasteiger partial charge in [-0.1, -0.05) is 17.7 Å². The van der Waals surface area contributed by atoms with Crippen LogP contribution in [-0.4, -0.2) is 43.7 Å². The Hall–Kier alpha value is -2.22. The van der Waals surface area contributed by atoms with Crippen LogP contribution >= 0.6 is 11.6 Å². The summed E-state index contributed by atoms with van der Waals surface area (Å²) in [5, 5.41) is 0.423. The number of hydrogen-bond donors (Lipinski definition) is 0. The second-order valence-corrected chi connectivity index (χ2v) is 9.84. The van der Waals surface area contributed by atoms with Crippen molar-refractivity contribution in [2.75, 3.05) is 13.2 Å². The molecule has 6 nitrogen and oxygen atoms in total. The molecule has 0 saturated carbocycles. The Balaban J connectivity index is 1.71. The summed E-state index contributed by atoms with van der Waals surface area (Å²) in [5.41, 5.74) is 3.37. The van der Waals surface area contributed by atoms with Gasteiger partial charge in [-0.3, -0.25) is 9.59 Å². The van der Waals surface area contributed by atoms with E-state index in [2.05, 4.69) is 0 Å². The maximum absolute atomic E-state index is 12.9. The number of ketones is 1. The molecule has 1 aliphatic rings. The molecule has 3 rings (SSSR count). The minimum atomic E-state index is -3.87. The van der Waals surface area contributed by atoms with E-state index >= 15 is 0 Å². The number of sulfonamides is 1. The lowest BCUT2D eigenvalue weighted by Gasteiger charge is -2.22. The average molecular weight is 450 g/mol. The molecule has 1 aliphatic heterocycles. The van der Waals surface area contributed by atoms with Crippen LogP contribution in [0.25, 0.3) is 0 Å². The van der Waals surface area contributed by atoms with Gasteiger partial charge in [-0.15, -0.1) is 0 Å². The summed E-state index contributed by atoms with van der Waals surface area (Å²) < 4.78 is 32.3. The number of halogens is 1. The van der Waals surface area contributed by atoms with E-state index in [0.29, 0.717) is 23.4 Å². The topological polar surface area (TPSA) is 80.8 Å². The van der Waals surface area contributed by atoms with Crippen LogP contribution in [-0.2, 0) is 19.6 Å². The van der Waals surface area contributed by atoms with Gasteiger partial charge >= 0.3 is 5.97 Å². The summed E-state index contributed by atoms with van der Waals surface area (Å²) >= 11 is 5.84. The van der Waals surface area contributed by atoms with Crippen LogP contribution in [0.15, 0.2) is 41.3 Å². The van der Waals surface area contributed by atoms with Crippen LogP contribution in [0.3, 0.4) is 0 Å². The Morgan fingerprint density at radius 3 is 2.37 bits per heavy atom. The minimum Gasteiger partial charge on any atom is -0.456 e. The normalized spacial score (nSPS) is 17.1. The molecule has 1 saturated heterocycles. The van der Waals surface area contributed by atoms with Gasteiger partial charge < -0.3 is 4.74 Å². The smallest absolute Gasteiger partial charge is 0.324 e. The van der Waals surface area contributed by atoms with E-state index < -0.39 is 28.6 Å². The Bertz CT molecular complexity index is 1080. The molecular weight excluding hydrogens is 426 g/mol. The molecule has 160 valence electrons. The largest absolute Gasteiger partial charge is 0.456 e. The summed E-state index contributed by atoms with van der Waals surface area (Å²) in [7, 11) is -3.87. The molecule has 2 aromatic carbocycles. The Morgan fingerprint density at radius 1 is 1.07 bits per heavy atom. The number of nitrogens with zero attached hydrogens (tertiary/aromatic N) is 1. The van der Waals surface area contributed by atoms with Crippen LogP contribution in [0.5, 0.6) is 0 Å². The molecule has 0 aromatic heterocycles. The average Bonchev–Trinajstić information content (AvgIpc) is 3.20. The summed E-state index contributed by atoms with van der Waals surface area (Å²) in [5.74, 6) is -1.02. The van der Waals surface area contributed by atoms with Crippen molar-refractivity contribution in [2.24, 2.45) is 0 Å². The fraction of sp³-hybridized carbons (Fsp3) is 0.364. The molecule has 0 radical (unpaired) electrons. The summed E-state index contributed by atoms with van der Waals surface area (Å²) in [6, 6.07) is 8.55. The molecule has 1 atom stereocenters. The first-order valence-corrected chi connectivity index (χ1v) is 11.5. The molecular formula is C22H24ClNO5S. The van der Waals surface area contributed by atoms with Crippen molar-refractivity contribution in [1.82, 2.24) is 4.31 Å². The summed E-state index contributed by atoms with van der Waals surface area (Å²) in [6.07, 6.45) is 0.888. The third-order valence-electron chi connectivity index (χ3n) is 5.38. The first-order chi connectivity index (χ1) is 14.1. The number of esters is 1. The van der Waals surface area contributed by atoms with Gasteiger partial charge in [-0.25, -0.2) is 8.42 Å². The van der Waals surface area contributed by atoms with E-state index in [1.54, 1.807) is 6.07 Å². The van der Waals surface area contributed by atoms with E-state index in [-0.39, 0.29) is 17.2 Å². The van der Waals surface area contributed by atoms with Crippen LogP contribution in [0.2, 0.25) is 5.02 Å². The lowest BCUT2D eigenvalue weighted by atomic mass is 9.98. The highest BCUT2D eigenvalue weighted by molar-refractivity contribution is 7.89. The predicted molar refractivity (Wildman–Crippen MR) is 114 cm³/mol. The maximum Gasteiger partial charge on any atom is 0.324 e. The van der Waals surface area contributed by atoms with Crippen molar-refractivity contribution in [1.29, 1.82) is 0 Å². The standard InChI is InChI=1S/C22H24ClNO5S/c1-14-11-16(3)19(12-15(14)2)21(25)13-29-22(26)20-5-4-10-24(20)30(27,28)18-8-6-17(23)7-9-18/h6-9,11-12,20H,4-5,10,13H2,1-3H3. The zero-order valence-corrected chi connectivity index (χ0v) is 18.7. The number of hydrogen-bond acceptors (Lipinski definition) is 5. The van der Waals surface area contributed by atoms with Crippen molar-refractivity contribution in [2.45, 2.75) is 44.6 Å². The fourth-order valence-corrected chi connectivity index (χ4v) is 5.35. The molecule has 0 bridgehead atoms. The van der Waals surface area contributed by atoms with Crippen LogP contribution in [0.1, 0.15) is 39.9 Å². The molecule has 8 heteroatoms. The SMILES string of the molecule is Cc1cc(C)c(C(=O)COC(=O)C2CCCN2S(=O)(=O)c2ccc(Cl)cc2)cc1C. The molecule has 1 fully saturated rings. The van der Waals surface area contributed by atoms with E-state index in [0.717, 1.165) is 21.0 Å². The first kappa shape index (κ1) is 22.5. The van der Waals surface area contributed by atoms with Gasteiger partial charge in [0.15, 0.2) is 6.61 Å². The summed E-state index contributed by atoms with van der Waals surface area (Å²) in [6.45, 7) is 5.50. The second kappa shape index (κ2) is 8.88. The van der Waals surface area contributed by atoms with Crippen LogP contribution in [0.4, 0.5) is 0 Å². The lowest BCUT2D eigenvalue weighted by molar-refractivity contribution is -0.146. The molecule has 2 aromatic rings. The quantitative estimate of drug-likeness (QED) is 0.494. The Kier molecular flexibility index (Phi) is 6.65. The Labute approximate surface area is 181 Å². The van der Waals surface area contributed by atoms with Gasteiger partial charge in [0.2, 0.25) is 15.8 Å². The predicted octanol–water partition coefficient (Wildman–Crippen LogP) is 3.84. The zero-order chi connectivity index (χ0) is 22.1. The highest BCUT2D eigenvalue weighted by Crippen LogP contribution is 2.27. The second-order valence-electron chi connectivity index (χ2n) is 7.51. The van der Waals surface area contributed by atoms with Crippen LogP contribution < -0.4 is 0 Å². The highest BCUT2D eigenvalue weighted by Gasteiger charge is 2.40. The number of rotatable bonds is 6. The first-order valence-electron chi connectivity index (χ1n) is 9.66. The molecule has 0 aliphatic carbocycles. The van der Waals surface area contributed by atoms with Crippen molar-refractivity contribution >= 4 is 33.4 Å². The zero-order valence-electron chi connectivity index (χ0n) is 17.1. The summed E-state index contributed by atoms with van der Waals surface area (Å²) in [4.78, 5) is 25.2. The molecule has 0 N–H and O–H groups in total. The third-order valence-corrected chi connectivity index (χ3v) is 7.56. The third kappa shape index (κ3) is 4.58. The Morgan fingerprint density at radius 2 is 1.70 bits per heavy atom. The van der Waals surface area contributed by atoms with Crippen molar-refractivity contribution in [3.8, 4) is 0 Å². The number of benzene rings is 2. The van der Waals surface area contributed by atoms with E-state index in [1.165, 1.54) is 24.3 Å². The molecule has 30 heavy (non-hydrogen) atoms. The number of carbonyl (C=O) groups is 2. The minimum absolute atomic E-state index is 0.0634. The van der Waals surface area contributed by atoms with Gasteiger partial charge in [0.25, 0.3) is 0 Å². The van der Waals surface area contributed by atoms with E-state index in [4.69, 9.17) is 16.3 Å². The van der Waals surface area contributed by atoms with Crippen molar-refractivity contribution in [3.63, 3.8) is 0 Å². The van der Waals surface area contributed by atoms with Crippen LogP contribution in [0, 0.1) is 20.8 Å². The number of carbonyl (C=O) groups excluding carboxylic acids is 2. The van der Waals surface area contributed by atoms with Gasteiger partial charge in [-0.2, -0.15) is 4.31 Å². The maximum atomic E-state index is 12.9. The number of ether oxygens (including phenoxy) is 1. The number of Topliss-reactive ketones (excluding diaryl/α,β-unsaturated/α-hetero) is 1. The molecule has 1 heterocycles. The molecule has 0 amide bonds. The van der Waals surface area contributed by atoms with E-state index in [1.807, 2.05) is 26.8 Å². The van der Waals surface area contributed by atoms with Gasteiger partial charge in [0.1, 0.15) is 6.04 Å². The fourth-order valence-electron chi connectivity index (χ4n) is 3.58. The van der Waals surface area contributed by atoms with Crippen molar-refractivity contribution in [3.05, 3.63) is 63.7 Å². The molecule has 1 unspecified atom stereocenters. The van der Waals surface area contributed by atoms with E-state index in [9.17, 15) is 18.0 Å². The van der Waals surface area contributed by atoms with Gasteiger partial charge in [0, 0.05) is 17.1 Å². The van der Waals surface area contributed by atoms with Gasteiger partial charge in [0.05, 0.1) is 4.90 Å². The lowest BCUT2D eigenvalue weighted by Crippen LogP contribution is -2.41. The molecule has 0 spiro atoms. The monoisotopic (exact) mass is 449 g/mol. The number of aryl methyl sites for hydroxylation is 3. The van der Waals surface area contributed by atoms with Crippen molar-refractivity contribution < 1.29 is 22.7 Å². The highest BCUT2D eigenvalue weighted by atomic mass is 35.5.